The van der Waals surface area contributed by atoms with Gasteiger partial charge in [0.25, 0.3) is 11.5 Å². The summed E-state index contributed by atoms with van der Waals surface area (Å²) in [5.74, 6) is 0.107. The number of hydrogen-bond acceptors (Lipinski definition) is 8. The average Bonchev–Trinajstić information content (AvgIpc) is 3.71. The van der Waals surface area contributed by atoms with E-state index in [0.29, 0.717) is 49.6 Å². The number of hydrogen-bond donors (Lipinski definition) is 1. The smallest absolute Gasteiger partial charge is 0.339 e. The van der Waals surface area contributed by atoms with Crippen LogP contribution in [0.25, 0.3) is 11.0 Å². The molecule has 3 aromatic rings. The molecule has 1 saturated carbocycles. The summed E-state index contributed by atoms with van der Waals surface area (Å²) in [7, 11) is 0. The number of H-pyrrole nitrogens is 1. The largest absolute Gasteiger partial charge is 0.462 e. The summed E-state index contributed by atoms with van der Waals surface area (Å²) in [5.41, 5.74) is 0.0242. The van der Waals surface area contributed by atoms with Gasteiger partial charge in [-0.2, -0.15) is 0 Å². The minimum atomic E-state index is -0.538. The molecule has 35 heavy (non-hydrogen) atoms. The Hall–Kier alpha value is -4.02. The number of rotatable bonds is 5. The lowest BCUT2D eigenvalue weighted by atomic mass is 10.2. The fourth-order valence-electron chi connectivity index (χ4n) is 4.37. The van der Waals surface area contributed by atoms with E-state index in [1.807, 2.05) is 0 Å². The lowest BCUT2D eigenvalue weighted by Gasteiger charge is -2.23. The van der Waals surface area contributed by atoms with Crippen molar-refractivity contribution in [2.75, 3.05) is 37.7 Å². The van der Waals surface area contributed by atoms with E-state index in [1.54, 1.807) is 24.0 Å². The number of nitrogens with zero attached hydrogens (tertiary/aromatic N) is 5. The maximum Gasteiger partial charge on any atom is 0.339 e. The molecular weight excluding hydrogens is 452 g/mol. The molecule has 0 bridgehead atoms. The first kappa shape index (κ1) is 22.8. The zero-order chi connectivity index (χ0) is 24.5. The molecule has 0 atom stereocenters. The van der Waals surface area contributed by atoms with Gasteiger partial charge in [0.15, 0.2) is 0 Å². The van der Waals surface area contributed by atoms with Crippen molar-refractivity contribution < 1.29 is 14.3 Å². The third kappa shape index (κ3) is 4.53. The standard InChI is InChI=1S/C24H26N6O5/c1-2-35-23(33)15-4-7-19(25-13-15)28-8-3-9-29(11-10-28)22(32)16-12-18-20(26-14-16)30(17-5-6-17)24(34)27-21(18)31/h4,7,12-14,17H,2-3,5-6,8-11H2,1H3,(H,27,31,34). The Labute approximate surface area is 200 Å². The molecular formula is C24H26N6O5. The van der Waals surface area contributed by atoms with Crippen LogP contribution in [0.2, 0.25) is 0 Å². The number of aromatic amines is 1. The number of carbonyl (C=O) groups excluding carboxylic acids is 2. The maximum atomic E-state index is 13.2. The zero-order valence-corrected chi connectivity index (χ0v) is 19.4. The van der Waals surface area contributed by atoms with Crippen LogP contribution in [-0.2, 0) is 4.74 Å². The van der Waals surface area contributed by atoms with Gasteiger partial charge in [0.1, 0.15) is 11.5 Å². The highest BCUT2D eigenvalue weighted by molar-refractivity contribution is 5.96. The predicted octanol–water partition coefficient (Wildman–Crippen LogP) is 1.34. The van der Waals surface area contributed by atoms with Crippen LogP contribution in [0.1, 0.15) is 52.9 Å². The van der Waals surface area contributed by atoms with E-state index in [4.69, 9.17) is 4.74 Å². The Morgan fingerprint density at radius 1 is 1.06 bits per heavy atom. The second-order valence-electron chi connectivity index (χ2n) is 8.71. The van der Waals surface area contributed by atoms with E-state index in [-0.39, 0.29) is 17.3 Å². The fourth-order valence-corrected chi connectivity index (χ4v) is 4.37. The van der Waals surface area contributed by atoms with E-state index in [1.165, 1.54) is 23.0 Å². The number of aromatic nitrogens is 4. The molecule has 2 fully saturated rings. The van der Waals surface area contributed by atoms with Gasteiger partial charge in [0.05, 0.1) is 23.1 Å². The average molecular weight is 479 g/mol. The molecule has 1 N–H and O–H groups in total. The highest BCUT2D eigenvalue weighted by atomic mass is 16.5. The molecule has 0 radical (unpaired) electrons. The van der Waals surface area contributed by atoms with Crippen molar-refractivity contribution in [3.63, 3.8) is 0 Å². The molecule has 2 aliphatic rings. The van der Waals surface area contributed by atoms with Crippen molar-refractivity contribution in [3.05, 3.63) is 62.6 Å². The summed E-state index contributed by atoms with van der Waals surface area (Å²) in [6, 6.07) is 5.05. The van der Waals surface area contributed by atoms with Crippen LogP contribution in [0.4, 0.5) is 5.82 Å². The zero-order valence-electron chi connectivity index (χ0n) is 19.4. The first-order valence-corrected chi connectivity index (χ1v) is 11.8. The molecule has 5 rings (SSSR count). The Morgan fingerprint density at radius 3 is 2.57 bits per heavy atom. The second-order valence-corrected chi connectivity index (χ2v) is 8.71. The Balaban J connectivity index is 1.32. The number of esters is 1. The minimum Gasteiger partial charge on any atom is -0.462 e. The van der Waals surface area contributed by atoms with Gasteiger partial charge in [-0.1, -0.05) is 0 Å². The fraction of sp³-hybridized carbons (Fsp3) is 0.417. The molecule has 1 saturated heterocycles. The summed E-state index contributed by atoms with van der Waals surface area (Å²) in [6.45, 7) is 4.35. The van der Waals surface area contributed by atoms with E-state index >= 15 is 0 Å². The molecule has 0 aromatic carbocycles. The molecule has 4 heterocycles. The van der Waals surface area contributed by atoms with Gasteiger partial charge < -0.3 is 14.5 Å². The van der Waals surface area contributed by atoms with Gasteiger partial charge in [-0.25, -0.2) is 19.6 Å². The topological polar surface area (TPSA) is 130 Å². The number of anilines is 1. The van der Waals surface area contributed by atoms with Gasteiger partial charge in [-0.15, -0.1) is 0 Å². The van der Waals surface area contributed by atoms with Gasteiger partial charge in [0.2, 0.25) is 0 Å². The molecule has 11 heteroatoms. The quantitative estimate of drug-likeness (QED) is 0.544. The molecule has 11 nitrogen and oxygen atoms in total. The summed E-state index contributed by atoms with van der Waals surface area (Å²) >= 11 is 0. The van der Waals surface area contributed by atoms with Crippen LogP contribution in [0.15, 0.2) is 40.2 Å². The normalized spacial score (nSPS) is 16.3. The number of carbonyl (C=O) groups is 2. The monoisotopic (exact) mass is 478 g/mol. The first-order valence-electron chi connectivity index (χ1n) is 11.8. The van der Waals surface area contributed by atoms with Crippen LogP contribution < -0.4 is 16.1 Å². The summed E-state index contributed by atoms with van der Waals surface area (Å²) in [4.78, 5) is 64.6. The van der Waals surface area contributed by atoms with Crippen molar-refractivity contribution in [1.82, 2.24) is 24.4 Å². The van der Waals surface area contributed by atoms with Gasteiger partial charge in [-0.3, -0.25) is 19.1 Å². The SMILES string of the molecule is CCOC(=O)c1ccc(N2CCCN(C(=O)c3cnc4c(c3)c(=O)[nH]c(=O)n4C3CC3)CC2)nc1. The van der Waals surface area contributed by atoms with Crippen LogP contribution >= 0.6 is 0 Å². The van der Waals surface area contributed by atoms with Crippen molar-refractivity contribution in [1.29, 1.82) is 0 Å². The highest BCUT2D eigenvalue weighted by Crippen LogP contribution is 2.34. The summed E-state index contributed by atoms with van der Waals surface area (Å²) in [6.07, 6.45) is 5.42. The lowest BCUT2D eigenvalue weighted by Crippen LogP contribution is -2.36. The van der Waals surface area contributed by atoms with Crippen LogP contribution in [0.5, 0.6) is 0 Å². The summed E-state index contributed by atoms with van der Waals surface area (Å²) < 4.78 is 6.51. The number of nitrogens with one attached hydrogen (secondary N) is 1. The van der Waals surface area contributed by atoms with Crippen molar-refractivity contribution in [2.45, 2.75) is 32.2 Å². The van der Waals surface area contributed by atoms with Crippen LogP contribution in [0, 0.1) is 0 Å². The molecule has 0 unspecified atom stereocenters. The Morgan fingerprint density at radius 2 is 1.86 bits per heavy atom. The Bertz CT molecular complexity index is 1390. The molecule has 1 aliphatic heterocycles. The molecule has 1 aliphatic carbocycles. The maximum absolute atomic E-state index is 13.2. The third-order valence-electron chi connectivity index (χ3n) is 6.30. The summed E-state index contributed by atoms with van der Waals surface area (Å²) in [5, 5.41) is 0.240. The number of amides is 1. The van der Waals surface area contributed by atoms with E-state index in [9.17, 15) is 19.2 Å². The lowest BCUT2D eigenvalue weighted by molar-refractivity contribution is 0.0525. The third-order valence-corrected chi connectivity index (χ3v) is 6.30. The number of fused-ring (bicyclic) bond motifs is 1. The second kappa shape index (κ2) is 9.32. The highest BCUT2D eigenvalue weighted by Gasteiger charge is 2.28. The van der Waals surface area contributed by atoms with E-state index in [0.717, 1.165) is 25.1 Å². The van der Waals surface area contributed by atoms with Gasteiger partial charge >= 0.3 is 11.7 Å². The van der Waals surface area contributed by atoms with Crippen molar-refractivity contribution in [3.8, 4) is 0 Å². The number of pyridine rings is 2. The molecule has 1 amide bonds. The van der Waals surface area contributed by atoms with Crippen LogP contribution in [0.3, 0.4) is 0 Å². The molecule has 182 valence electrons. The Kier molecular flexibility index (Phi) is 6.06. The van der Waals surface area contributed by atoms with Crippen molar-refractivity contribution in [2.24, 2.45) is 0 Å². The molecule has 3 aromatic heterocycles. The predicted molar refractivity (Wildman–Crippen MR) is 128 cm³/mol. The first-order chi connectivity index (χ1) is 17.0. The van der Waals surface area contributed by atoms with E-state index < -0.39 is 17.2 Å². The van der Waals surface area contributed by atoms with Gasteiger partial charge in [-0.05, 0) is 44.4 Å². The number of ether oxygens (including phenoxy) is 1. The van der Waals surface area contributed by atoms with Crippen LogP contribution in [-0.4, -0.2) is 69.1 Å². The van der Waals surface area contributed by atoms with Crippen molar-refractivity contribution >= 4 is 28.7 Å². The van der Waals surface area contributed by atoms with E-state index in [2.05, 4.69) is 19.9 Å². The molecule has 0 spiro atoms. The minimum absolute atomic E-state index is 0.0486. The van der Waals surface area contributed by atoms with Gasteiger partial charge in [0, 0.05) is 44.6 Å².